The van der Waals surface area contributed by atoms with Gasteiger partial charge >= 0.3 is 12.1 Å². The van der Waals surface area contributed by atoms with Crippen molar-refractivity contribution in [3.63, 3.8) is 0 Å². The van der Waals surface area contributed by atoms with Crippen molar-refractivity contribution in [2.75, 3.05) is 39.5 Å². The van der Waals surface area contributed by atoms with Gasteiger partial charge in [0.1, 0.15) is 18.2 Å². The van der Waals surface area contributed by atoms with Crippen LogP contribution in [0, 0.1) is 5.82 Å². The van der Waals surface area contributed by atoms with Gasteiger partial charge in [0.15, 0.2) is 0 Å². The van der Waals surface area contributed by atoms with E-state index in [0.717, 1.165) is 5.56 Å². The average molecular weight is 564 g/mol. The summed E-state index contributed by atoms with van der Waals surface area (Å²) in [5.74, 6) is -2.66. The second kappa shape index (κ2) is 12.8. The zero-order chi connectivity index (χ0) is 27.9. The third-order valence-electron chi connectivity index (χ3n) is 6.12. The molecule has 0 saturated carbocycles. The summed E-state index contributed by atoms with van der Waals surface area (Å²) in [6, 6.07) is 13.6. The maximum atomic E-state index is 14.4. The molecule has 2 saturated heterocycles. The highest BCUT2D eigenvalue weighted by Gasteiger charge is 2.44. The molecule has 2 atom stereocenters. The van der Waals surface area contributed by atoms with E-state index in [1.807, 2.05) is 24.3 Å². The molecule has 0 spiro atoms. The summed E-state index contributed by atoms with van der Waals surface area (Å²) in [7, 11) is -3.72. The number of carboxylic acids is 1. The third kappa shape index (κ3) is 7.63. The first-order chi connectivity index (χ1) is 17.9. The Hall–Kier alpha value is -2.78. The van der Waals surface area contributed by atoms with E-state index in [1.54, 1.807) is 18.2 Å². The minimum atomic E-state index is -5.08. The Labute approximate surface area is 217 Å². The lowest BCUT2D eigenvalue weighted by molar-refractivity contribution is -0.192. The fourth-order valence-corrected chi connectivity index (χ4v) is 6.03. The molecule has 2 aliphatic heterocycles. The number of carbonyl (C=O) groups is 1. The minimum Gasteiger partial charge on any atom is -0.492 e. The molecule has 14 heteroatoms. The molecule has 2 unspecified atom stereocenters. The molecule has 0 aromatic heterocycles. The monoisotopic (exact) mass is 563 g/mol. The highest BCUT2D eigenvalue weighted by molar-refractivity contribution is 7.86. The number of hydrogen-bond donors (Lipinski definition) is 2. The van der Waals surface area contributed by atoms with Gasteiger partial charge in [-0.05, 0) is 35.7 Å². The van der Waals surface area contributed by atoms with E-state index in [-0.39, 0.29) is 24.9 Å². The van der Waals surface area contributed by atoms with E-state index in [4.69, 9.17) is 25.1 Å². The Bertz CT molecular complexity index is 1190. The molecule has 4 rings (SSSR count). The molecule has 210 valence electrons. The van der Waals surface area contributed by atoms with Gasteiger partial charge in [0, 0.05) is 32.1 Å². The van der Waals surface area contributed by atoms with E-state index in [2.05, 4.69) is 0 Å². The van der Waals surface area contributed by atoms with Gasteiger partial charge in [-0.1, -0.05) is 30.3 Å². The number of nitrogens with two attached hydrogens (primary N) is 1. The smallest absolute Gasteiger partial charge is 0.490 e. The molecule has 38 heavy (non-hydrogen) atoms. The van der Waals surface area contributed by atoms with Gasteiger partial charge in [0.05, 0.1) is 19.3 Å². The SMILES string of the molecule is NCc1cccc(OCC2CC(c3ccccc3F)CN2S(=O)(=O)N2CCOCC2)c1.O=C(O)C(F)(F)F. The highest BCUT2D eigenvalue weighted by Crippen LogP contribution is 2.36. The predicted octanol–water partition coefficient (Wildman–Crippen LogP) is 2.73. The molecule has 2 fully saturated rings. The lowest BCUT2D eigenvalue weighted by Gasteiger charge is -2.32. The minimum absolute atomic E-state index is 0.183. The van der Waals surface area contributed by atoms with Crippen LogP contribution in [0.4, 0.5) is 17.6 Å². The van der Waals surface area contributed by atoms with Gasteiger partial charge in [-0.3, -0.25) is 0 Å². The van der Waals surface area contributed by atoms with Crippen LogP contribution in [0.25, 0.3) is 0 Å². The van der Waals surface area contributed by atoms with Gasteiger partial charge in [-0.2, -0.15) is 30.2 Å². The van der Waals surface area contributed by atoms with Crippen molar-refractivity contribution in [1.29, 1.82) is 0 Å². The summed E-state index contributed by atoms with van der Waals surface area (Å²) in [5.41, 5.74) is 7.18. The van der Waals surface area contributed by atoms with Gasteiger partial charge in [0.2, 0.25) is 0 Å². The van der Waals surface area contributed by atoms with Crippen LogP contribution in [0.3, 0.4) is 0 Å². The molecule has 0 aliphatic carbocycles. The molecule has 0 bridgehead atoms. The van der Waals surface area contributed by atoms with Crippen molar-refractivity contribution in [3.05, 3.63) is 65.5 Å². The summed E-state index contributed by atoms with van der Waals surface area (Å²) in [6.07, 6.45) is -4.60. The van der Waals surface area contributed by atoms with Crippen LogP contribution in [0.2, 0.25) is 0 Å². The maximum Gasteiger partial charge on any atom is 0.490 e. The Kier molecular flexibility index (Phi) is 10.1. The van der Waals surface area contributed by atoms with Crippen molar-refractivity contribution in [2.45, 2.75) is 31.1 Å². The number of aliphatic carboxylic acids is 1. The number of alkyl halides is 3. The third-order valence-corrected chi connectivity index (χ3v) is 8.18. The van der Waals surface area contributed by atoms with Crippen LogP contribution < -0.4 is 10.5 Å². The quantitative estimate of drug-likeness (QED) is 0.497. The zero-order valence-electron chi connectivity index (χ0n) is 20.3. The molecule has 0 amide bonds. The van der Waals surface area contributed by atoms with Crippen LogP contribution in [0.15, 0.2) is 48.5 Å². The molecule has 2 aliphatic rings. The van der Waals surface area contributed by atoms with Crippen LogP contribution in [0.1, 0.15) is 23.5 Å². The average Bonchev–Trinajstić information content (AvgIpc) is 3.33. The summed E-state index contributed by atoms with van der Waals surface area (Å²) in [5, 5.41) is 7.12. The highest BCUT2D eigenvalue weighted by atomic mass is 32.2. The Balaban J connectivity index is 0.000000505. The fourth-order valence-electron chi connectivity index (χ4n) is 4.23. The Morgan fingerprint density at radius 2 is 1.79 bits per heavy atom. The standard InChI is InChI=1S/C22H28FN3O4S.C2HF3O2/c23-22-7-2-1-6-21(22)18-13-19(16-30-20-5-3-4-17(12-20)14-24)26(15-18)31(27,28)25-8-10-29-11-9-25;3-2(4,5)1(6)7/h1-7,12,18-19H,8-11,13-16,24H2;(H,6,7). The number of nitrogens with zero attached hydrogens (tertiary/aromatic N) is 2. The fraction of sp³-hybridized carbons (Fsp3) is 0.458. The summed E-state index contributed by atoms with van der Waals surface area (Å²) < 4.78 is 87.2. The lowest BCUT2D eigenvalue weighted by atomic mass is 9.96. The first kappa shape index (κ1) is 29.8. The second-order valence-corrected chi connectivity index (χ2v) is 10.5. The number of hydrogen-bond acceptors (Lipinski definition) is 6. The number of morpholine rings is 1. The number of carboxylic acid groups (broad SMARTS) is 1. The first-order valence-corrected chi connectivity index (χ1v) is 13.1. The van der Waals surface area contributed by atoms with Crippen molar-refractivity contribution in [3.8, 4) is 5.75 Å². The molecule has 2 heterocycles. The number of ether oxygens (including phenoxy) is 2. The number of rotatable bonds is 7. The topological polar surface area (TPSA) is 122 Å². The molecule has 2 aromatic rings. The van der Waals surface area contributed by atoms with E-state index >= 15 is 0 Å². The lowest BCUT2D eigenvalue weighted by Crippen LogP contribution is -2.51. The molecule has 2 aromatic carbocycles. The molecule has 0 radical (unpaired) electrons. The molecule has 9 nitrogen and oxygen atoms in total. The van der Waals surface area contributed by atoms with E-state index in [9.17, 15) is 26.0 Å². The Morgan fingerprint density at radius 3 is 2.39 bits per heavy atom. The summed E-state index contributed by atoms with van der Waals surface area (Å²) in [4.78, 5) is 8.90. The van der Waals surface area contributed by atoms with Gasteiger partial charge in [-0.15, -0.1) is 0 Å². The second-order valence-electron chi connectivity index (χ2n) is 8.66. The molecular formula is C24H29F4N3O6S. The summed E-state index contributed by atoms with van der Waals surface area (Å²) in [6.45, 7) is 2.17. The van der Waals surface area contributed by atoms with Crippen LogP contribution >= 0.6 is 0 Å². The predicted molar refractivity (Wildman–Crippen MR) is 129 cm³/mol. The van der Waals surface area contributed by atoms with Crippen LogP contribution in [-0.4, -0.2) is 79.8 Å². The van der Waals surface area contributed by atoms with E-state index in [0.29, 0.717) is 50.6 Å². The largest absolute Gasteiger partial charge is 0.492 e. The van der Waals surface area contributed by atoms with Gasteiger partial charge in [0.25, 0.3) is 10.2 Å². The summed E-state index contributed by atoms with van der Waals surface area (Å²) >= 11 is 0. The first-order valence-electron chi connectivity index (χ1n) is 11.7. The van der Waals surface area contributed by atoms with Gasteiger partial charge in [-0.25, -0.2) is 9.18 Å². The molecule has 3 N–H and O–H groups in total. The zero-order valence-corrected chi connectivity index (χ0v) is 21.1. The van der Waals surface area contributed by atoms with Crippen molar-refractivity contribution in [1.82, 2.24) is 8.61 Å². The van der Waals surface area contributed by atoms with Crippen molar-refractivity contribution >= 4 is 16.2 Å². The number of benzene rings is 2. The normalized spacial score (nSPS) is 21.0. The van der Waals surface area contributed by atoms with E-state index < -0.39 is 28.4 Å². The molecular weight excluding hydrogens is 534 g/mol. The van der Waals surface area contributed by atoms with Crippen molar-refractivity contribution < 1.29 is 45.4 Å². The Morgan fingerprint density at radius 1 is 1.13 bits per heavy atom. The van der Waals surface area contributed by atoms with Crippen molar-refractivity contribution in [2.24, 2.45) is 5.73 Å². The van der Waals surface area contributed by atoms with Crippen LogP contribution in [-0.2, 0) is 26.3 Å². The van der Waals surface area contributed by atoms with Crippen LogP contribution in [0.5, 0.6) is 5.75 Å². The number of halogens is 4. The maximum absolute atomic E-state index is 14.4. The van der Waals surface area contributed by atoms with E-state index in [1.165, 1.54) is 14.7 Å². The van der Waals surface area contributed by atoms with Gasteiger partial charge < -0.3 is 20.3 Å².